The van der Waals surface area contributed by atoms with Gasteiger partial charge in [-0.1, -0.05) is 32.0 Å². The summed E-state index contributed by atoms with van der Waals surface area (Å²) in [5, 5.41) is 4.46. The topological polar surface area (TPSA) is 21.1 Å². The zero-order chi connectivity index (χ0) is 13.1. The number of rotatable bonds is 4. The van der Waals surface area contributed by atoms with E-state index in [1.165, 1.54) is 5.56 Å². The van der Waals surface area contributed by atoms with E-state index < -0.39 is 0 Å². The van der Waals surface area contributed by atoms with Crippen molar-refractivity contribution in [2.45, 2.75) is 19.9 Å². The van der Waals surface area contributed by atoms with Gasteiger partial charge in [-0.3, -0.25) is 0 Å². The van der Waals surface area contributed by atoms with Crippen LogP contribution in [-0.2, 0) is 0 Å². The van der Waals surface area contributed by atoms with Crippen molar-refractivity contribution in [1.82, 2.24) is 14.7 Å². The molecule has 3 heteroatoms. The van der Waals surface area contributed by atoms with Gasteiger partial charge in [-0.2, -0.15) is 5.10 Å². The fourth-order valence-electron chi connectivity index (χ4n) is 2.49. The predicted molar refractivity (Wildman–Crippen MR) is 74.8 cm³/mol. The lowest BCUT2D eigenvalue weighted by Crippen LogP contribution is -2.24. The minimum atomic E-state index is 0.405. The van der Waals surface area contributed by atoms with Crippen molar-refractivity contribution in [1.29, 1.82) is 0 Å². The second-order valence-electron chi connectivity index (χ2n) is 5.21. The summed E-state index contributed by atoms with van der Waals surface area (Å²) in [6.07, 6.45) is 4.09. The van der Waals surface area contributed by atoms with Gasteiger partial charge in [0.1, 0.15) is 0 Å². The molecule has 0 fully saturated rings. The zero-order valence-corrected chi connectivity index (χ0v) is 11.5. The van der Waals surface area contributed by atoms with Gasteiger partial charge in [-0.15, -0.1) is 0 Å². The molecule has 1 aromatic heterocycles. The average Bonchev–Trinajstić information content (AvgIpc) is 2.78. The predicted octanol–water partition coefficient (Wildman–Crippen LogP) is 3.13. The Morgan fingerprint density at radius 3 is 2.33 bits per heavy atom. The van der Waals surface area contributed by atoms with Crippen LogP contribution in [0.25, 0.3) is 5.69 Å². The van der Waals surface area contributed by atoms with Gasteiger partial charge in [0.25, 0.3) is 0 Å². The molecule has 0 amide bonds. The maximum absolute atomic E-state index is 4.46. The lowest BCUT2D eigenvalue weighted by molar-refractivity contribution is 0.235. The summed E-state index contributed by atoms with van der Waals surface area (Å²) >= 11 is 0. The van der Waals surface area contributed by atoms with Gasteiger partial charge in [0.2, 0.25) is 0 Å². The highest BCUT2D eigenvalue weighted by molar-refractivity contribution is 5.31. The second kappa shape index (κ2) is 5.36. The van der Waals surface area contributed by atoms with Crippen LogP contribution in [0.5, 0.6) is 0 Å². The van der Waals surface area contributed by atoms with Gasteiger partial charge >= 0.3 is 0 Å². The van der Waals surface area contributed by atoms with E-state index in [2.05, 4.69) is 56.3 Å². The molecule has 0 radical (unpaired) electrons. The standard InChI is InChI=1S/C15H21N3/c1-12(2)15(17(3)4)13-10-16-18(11-13)14-8-6-5-7-9-14/h5-12,15H,1-4H3/t15-/m1/s1. The Morgan fingerprint density at radius 1 is 1.11 bits per heavy atom. The molecule has 0 N–H and O–H groups in total. The molecule has 0 saturated heterocycles. The fourth-order valence-corrected chi connectivity index (χ4v) is 2.49. The first-order chi connectivity index (χ1) is 8.59. The van der Waals surface area contributed by atoms with E-state index >= 15 is 0 Å². The fraction of sp³-hybridized carbons (Fsp3) is 0.400. The van der Waals surface area contributed by atoms with E-state index in [1.54, 1.807) is 0 Å². The summed E-state index contributed by atoms with van der Waals surface area (Å²) in [5.41, 5.74) is 2.36. The van der Waals surface area contributed by atoms with E-state index in [0.29, 0.717) is 12.0 Å². The minimum absolute atomic E-state index is 0.405. The van der Waals surface area contributed by atoms with E-state index in [1.807, 2.05) is 29.1 Å². The maximum Gasteiger partial charge on any atom is 0.0645 e. The van der Waals surface area contributed by atoms with E-state index in [9.17, 15) is 0 Å². The Labute approximate surface area is 109 Å². The second-order valence-corrected chi connectivity index (χ2v) is 5.21. The summed E-state index contributed by atoms with van der Waals surface area (Å²) in [6, 6.07) is 10.6. The Hall–Kier alpha value is -1.61. The Bertz CT molecular complexity index is 477. The number of benzene rings is 1. The van der Waals surface area contributed by atoms with Gasteiger partial charge in [0.05, 0.1) is 11.9 Å². The first kappa shape index (κ1) is 12.8. The van der Waals surface area contributed by atoms with Gasteiger partial charge in [0, 0.05) is 17.8 Å². The monoisotopic (exact) mass is 243 g/mol. The third kappa shape index (κ3) is 2.62. The third-order valence-electron chi connectivity index (χ3n) is 3.15. The molecule has 2 aromatic rings. The summed E-state index contributed by atoms with van der Waals surface area (Å²) in [6.45, 7) is 4.48. The molecule has 1 atom stereocenters. The van der Waals surface area contributed by atoms with Crippen LogP contribution in [0.1, 0.15) is 25.5 Å². The average molecular weight is 243 g/mol. The van der Waals surface area contributed by atoms with Crippen LogP contribution in [0.4, 0.5) is 0 Å². The lowest BCUT2D eigenvalue weighted by atomic mass is 9.98. The Balaban J connectivity index is 2.30. The summed E-state index contributed by atoms with van der Waals surface area (Å²) in [7, 11) is 4.23. The number of aromatic nitrogens is 2. The molecule has 1 aromatic carbocycles. The molecule has 18 heavy (non-hydrogen) atoms. The van der Waals surface area contributed by atoms with Crippen LogP contribution < -0.4 is 0 Å². The van der Waals surface area contributed by atoms with Crippen molar-refractivity contribution in [3.05, 3.63) is 48.3 Å². The molecule has 1 heterocycles. The van der Waals surface area contributed by atoms with Crippen LogP contribution in [0.3, 0.4) is 0 Å². The first-order valence-corrected chi connectivity index (χ1v) is 6.36. The molecule has 0 bridgehead atoms. The SMILES string of the molecule is CC(C)[C@H](c1cnn(-c2ccccc2)c1)N(C)C. The summed E-state index contributed by atoms with van der Waals surface area (Å²) in [4.78, 5) is 2.25. The molecule has 0 spiro atoms. The van der Waals surface area contributed by atoms with Crippen molar-refractivity contribution < 1.29 is 0 Å². The maximum atomic E-state index is 4.46. The van der Waals surface area contributed by atoms with Crippen LogP contribution in [0.2, 0.25) is 0 Å². The highest BCUT2D eigenvalue weighted by atomic mass is 15.3. The van der Waals surface area contributed by atoms with E-state index in [0.717, 1.165) is 5.69 Å². The molecule has 0 saturated carbocycles. The molecule has 2 rings (SSSR count). The van der Waals surface area contributed by atoms with Crippen LogP contribution >= 0.6 is 0 Å². The molecule has 0 aliphatic heterocycles. The molecule has 0 aliphatic rings. The van der Waals surface area contributed by atoms with Crippen molar-refractivity contribution in [3.8, 4) is 5.69 Å². The molecule has 0 aliphatic carbocycles. The smallest absolute Gasteiger partial charge is 0.0645 e. The number of nitrogens with zero attached hydrogens (tertiary/aromatic N) is 3. The highest BCUT2D eigenvalue weighted by Gasteiger charge is 2.19. The van der Waals surface area contributed by atoms with Gasteiger partial charge in [0.15, 0.2) is 0 Å². The number of hydrogen-bond acceptors (Lipinski definition) is 2. The van der Waals surface area contributed by atoms with E-state index in [-0.39, 0.29) is 0 Å². The summed E-state index contributed by atoms with van der Waals surface area (Å²) in [5.74, 6) is 0.563. The number of para-hydroxylation sites is 1. The van der Waals surface area contributed by atoms with Crippen molar-refractivity contribution in [3.63, 3.8) is 0 Å². The minimum Gasteiger partial charge on any atom is -0.302 e. The van der Waals surface area contributed by atoms with Gasteiger partial charge in [-0.05, 0) is 32.1 Å². The molecule has 96 valence electrons. The Morgan fingerprint density at radius 2 is 1.78 bits per heavy atom. The summed E-state index contributed by atoms with van der Waals surface area (Å²) < 4.78 is 1.94. The van der Waals surface area contributed by atoms with Crippen molar-refractivity contribution in [2.24, 2.45) is 5.92 Å². The van der Waals surface area contributed by atoms with Gasteiger partial charge < -0.3 is 4.90 Å². The van der Waals surface area contributed by atoms with Crippen LogP contribution in [-0.4, -0.2) is 28.8 Å². The number of hydrogen-bond donors (Lipinski definition) is 0. The molecular formula is C15H21N3. The van der Waals surface area contributed by atoms with Crippen LogP contribution in [0, 0.1) is 5.92 Å². The zero-order valence-electron chi connectivity index (χ0n) is 11.5. The molecular weight excluding hydrogens is 222 g/mol. The third-order valence-corrected chi connectivity index (χ3v) is 3.15. The Kier molecular flexibility index (Phi) is 3.82. The molecule has 0 unspecified atom stereocenters. The van der Waals surface area contributed by atoms with E-state index in [4.69, 9.17) is 0 Å². The largest absolute Gasteiger partial charge is 0.302 e. The van der Waals surface area contributed by atoms with Crippen molar-refractivity contribution >= 4 is 0 Å². The highest BCUT2D eigenvalue weighted by Crippen LogP contribution is 2.26. The van der Waals surface area contributed by atoms with Crippen LogP contribution in [0.15, 0.2) is 42.7 Å². The normalized spacial score (nSPS) is 13.2. The quantitative estimate of drug-likeness (QED) is 0.822. The lowest BCUT2D eigenvalue weighted by Gasteiger charge is -2.26. The van der Waals surface area contributed by atoms with Crippen molar-refractivity contribution in [2.75, 3.05) is 14.1 Å². The van der Waals surface area contributed by atoms with Gasteiger partial charge in [-0.25, -0.2) is 4.68 Å². The first-order valence-electron chi connectivity index (χ1n) is 6.36. The molecule has 3 nitrogen and oxygen atoms in total.